The average Bonchev–Trinajstić information content (AvgIpc) is 2.99. The van der Waals surface area contributed by atoms with Gasteiger partial charge in [0.05, 0.1) is 11.9 Å². The molecule has 0 radical (unpaired) electrons. The molecule has 4 nitrogen and oxygen atoms in total. The Morgan fingerprint density at radius 2 is 2.00 bits per heavy atom. The first-order chi connectivity index (χ1) is 10.4. The fraction of sp³-hybridized carbons (Fsp3) is 0.188. The van der Waals surface area contributed by atoms with E-state index >= 15 is 0 Å². The van der Waals surface area contributed by atoms with Crippen LogP contribution in [0.4, 0.5) is 0 Å². The van der Waals surface area contributed by atoms with Crippen LogP contribution in [0.5, 0.6) is 0 Å². The van der Waals surface area contributed by atoms with Crippen molar-refractivity contribution in [1.82, 2.24) is 20.3 Å². The van der Waals surface area contributed by atoms with Crippen molar-refractivity contribution in [2.75, 3.05) is 13.6 Å². The van der Waals surface area contributed by atoms with Crippen LogP contribution in [0.25, 0.3) is 22.0 Å². The van der Waals surface area contributed by atoms with E-state index in [1.54, 1.807) is 29.9 Å². The maximum absolute atomic E-state index is 4.79. The smallest absolute Gasteiger partial charge is 0.144 e. The summed E-state index contributed by atoms with van der Waals surface area (Å²) in [5.74, 6) is 0. The summed E-state index contributed by atoms with van der Waals surface area (Å²) in [7, 11) is 1.97. The number of nitrogens with one attached hydrogen (secondary N) is 1. The molecule has 0 bridgehead atoms. The van der Waals surface area contributed by atoms with Crippen LogP contribution in [0, 0.1) is 0 Å². The Labute approximate surface area is 127 Å². The predicted molar refractivity (Wildman–Crippen MR) is 86.2 cm³/mol. The topological polar surface area (TPSA) is 50.7 Å². The number of nitrogens with zero attached hydrogens (tertiary/aromatic N) is 3. The molecule has 0 spiro atoms. The molecule has 0 atom stereocenters. The fourth-order valence-electron chi connectivity index (χ4n) is 2.10. The van der Waals surface area contributed by atoms with E-state index < -0.39 is 0 Å². The third-order valence-corrected chi connectivity index (χ3v) is 4.27. The average molecular weight is 296 g/mol. The Morgan fingerprint density at radius 1 is 1.14 bits per heavy atom. The first kappa shape index (κ1) is 13.9. The molecule has 0 aliphatic heterocycles. The van der Waals surface area contributed by atoms with Crippen molar-refractivity contribution in [3.63, 3.8) is 0 Å². The number of hydrogen-bond donors (Lipinski definition) is 1. The van der Waals surface area contributed by atoms with Crippen molar-refractivity contribution in [3.05, 3.63) is 53.8 Å². The van der Waals surface area contributed by atoms with Crippen molar-refractivity contribution in [2.45, 2.75) is 6.42 Å². The summed E-state index contributed by atoms with van der Waals surface area (Å²) in [6.45, 7) is 0.932. The highest BCUT2D eigenvalue weighted by Crippen LogP contribution is 2.32. The first-order valence-corrected chi connectivity index (χ1v) is 7.66. The van der Waals surface area contributed by atoms with Gasteiger partial charge in [0.25, 0.3) is 0 Å². The number of aromatic nitrogens is 3. The molecule has 1 N–H and O–H groups in total. The Morgan fingerprint density at radius 3 is 2.71 bits per heavy atom. The second-order valence-electron chi connectivity index (χ2n) is 4.60. The molecule has 0 amide bonds. The van der Waals surface area contributed by atoms with Crippen LogP contribution in [-0.4, -0.2) is 28.5 Å². The lowest BCUT2D eigenvalue weighted by Crippen LogP contribution is -2.09. The van der Waals surface area contributed by atoms with Gasteiger partial charge in [-0.25, -0.2) is 4.98 Å². The van der Waals surface area contributed by atoms with Crippen LogP contribution >= 0.6 is 11.3 Å². The van der Waals surface area contributed by atoms with Gasteiger partial charge >= 0.3 is 0 Å². The van der Waals surface area contributed by atoms with Gasteiger partial charge in [0.15, 0.2) is 0 Å². The minimum Gasteiger partial charge on any atom is -0.319 e. The lowest BCUT2D eigenvalue weighted by Gasteiger charge is -2.01. The zero-order chi connectivity index (χ0) is 14.5. The molecule has 3 rings (SSSR count). The molecule has 0 saturated carbocycles. The standard InChI is InChI=1S/C16H16N4S/c1-17-8-7-14-15(12-5-3-2-4-6-12)20-16(21-14)13-11-18-9-10-19-13/h2-6,9-11,17H,7-8H2,1H3. The van der Waals surface area contributed by atoms with Gasteiger partial charge in [-0.05, 0) is 20.0 Å². The van der Waals surface area contributed by atoms with Crippen molar-refractivity contribution in [3.8, 4) is 22.0 Å². The molecule has 106 valence electrons. The van der Waals surface area contributed by atoms with E-state index in [1.165, 1.54) is 4.88 Å². The Balaban J connectivity index is 2.03. The lowest BCUT2D eigenvalue weighted by molar-refractivity contribution is 0.799. The lowest BCUT2D eigenvalue weighted by atomic mass is 10.1. The molecule has 0 saturated heterocycles. The summed E-state index contributed by atoms with van der Waals surface area (Å²) >= 11 is 1.69. The van der Waals surface area contributed by atoms with Gasteiger partial charge in [0, 0.05) is 22.8 Å². The van der Waals surface area contributed by atoms with Gasteiger partial charge in [0.2, 0.25) is 0 Å². The van der Waals surface area contributed by atoms with E-state index in [2.05, 4.69) is 27.4 Å². The largest absolute Gasteiger partial charge is 0.319 e. The van der Waals surface area contributed by atoms with Crippen LogP contribution in [0.15, 0.2) is 48.9 Å². The summed E-state index contributed by atoms with van der Waals surface area (Å²) in [5.41, 5.74) is 3.03. The highest BCUT2D eigenvalue weighted by Gasteiger charge is 2.14. The second kappa shape index (κ2) is 6.56. The Hall–Kier alpha value is -2.11. The number of likely N-dealkylation sites (N-methyl/N-ethyl adjacent to an activating group) is 1. The van der Waals surface area contributed by atoms with E-state index in [9.17, 15) is 0 Å². The van der Waals surface area contributed by atoms with E-state index in [0.29, 0.717) is 0 Å². The molecule has 0 aliphatic rings. The predicted octanol–water partition coefficient (Wildman–Crippen LogP) is 3.03. The normalized spacial score (nSPS) is 10.7. The summed E-state index contributed by atoms with van der Waals surface area (Å²) < 4.78 is 0. The highest BCUT2D eigenvalue weighted by atomic mass is 32.1. The SMILES string of the molecule is CNCCc1sc(-c2cnccn2)nc1-c1ccccc1. The fourth-order valence-corrected chi connectivity index (χ4v) is 3.14. The van der Waals surface area contributed by atoms with Gasteiger partial charge < -0.3 is 5.32 Å². The van der Waals surface area contributed by atoms with Crippen LogP contribution in [0.1, 0.15) is 4.88 Å². The van der Waals surface area contributed by atoms with E-state index in [0.717, 1.165) is 34.9 Å². The second-order valence-corrected chi connectivity index (χ2v) is 5.68. The Kier molecular flexibility index (Phi) is 4.33. The zero-order valence-electron chi connectivity index (χ0n) is 11.8. The monoisotopic (exact) mass is 296 g/mol. The number of thiazole rings is 1. The van der Waals surface area contributed by atoms with Crippen molar-refractivity contribution in [2.24, 2.45) is 0 Å². The van der Waals surface area contributed by atoms with E-state index in [1.807, 2.05) is 25.2 Å². The highest BCUT2D eigenvalue weighted by molar-refractivity contribution is 7.15. The molecule has 0 unspecified atom stereocenters. The van der Waals surface area contributed by atoms with Gasteiger partial charge in [0.1, 0.15) is 10.7 Å². The molecule has 2 aromatic heterocycles. The molecule has 0 fully saturated rings. The maximum Gasteiger partial charge on any atom is 0.144 e. The minimum atomic E-state index is 0.829. The van der Waals surface area contributed by atoms with Gasteiger partial charge in [-0.3, -0.25) is 9.97 Å². The Bertz CT molecular complexity index is 695. The molecule has 21 heavy (non-hydrogen) atoms. The van der Waals surface area contributed by atoms with Gasteiger partial charge in [-0.2, -0.15) is 0 Å². The summed E-state index contributed by atoms with van der Waals surface area (Å²) in [6, 6.07) is 10.3. The van der Waals surface area contributed by atoms with Crippen LogP contribution in [0.3, 0.4) is 0 Å². The maximum atomic E-state index is 4.79. The number of benzene rings is 1. The third kappa shape index (κ3) is 3.15. The first-order valence-electron chi connectivity index (χ1n) is 6.84. The van der Waals surface area contributed by atoms with Crippen molar-refractivity contribution < 1.29 is 0 Å². The van der Waals surface area contributed by atoms with Crippen LogP contribution in [-0.2, 0) is 6.42 Å². The quantitative estimate of drug-likeness (QED) is 0.786. The molecule has 3 aromatic rings. The summed E-state index contributed by atoms with van der Waals surface area (Å²) in [6.07, 6.45) is 6.09. The van der Waals surface area contributed by atoms with E-state index in [4.69, 9.17) is 4.98 Å². The molecule has 1 aromatic carbocycles. The zero-order valence-corrected chi connectivity index (χ0v) is 12.6. The van der Waals surface area contributed by atoms with Crippen molar-refractivity contribution >= 4 is 11.3 Å². The number of rotatable bonds is 5. The molecule has 0 aliphatic carbocycles. The minimum absolute atomic E-state index is 0.829. The van der Waals surface area contributed by atoms with Gasteiger partial charge in [-0.15, -0.1) is 11.3 Å². The summed E-state index contributed by atoms with van der Waals surface area (Å²) in [5, 5.41) is 4.12. The third-order valence-electron chi connectivity index (χ3n) is 3.13. The number of hydrogen-bond acceptors (Lipinski definition) is 5. The van der Waals surface area contributed by atoms with E-state index in [-0.39, 0.29) is 0 Å². The van der Waals surface area contributed by atoms with Crippen LogP contribution in [0.2, 0.25) is 0 Å². The van der Waals surface area contributed by atoms with Gasteiger partial charge in [-0.1, -0.05) is 30.3 Å². The van der Waals surface area contributed by atoms with Crippen LogP contribution < -0.4 is 5.32 Å². The molecule has 2 heterocycles. The summed E-state index contributed by atoms with van der Waals surface area (Å²) in [4.78, 5) is 14.5. The van der Waals surface area contributed by atoms with Crippen molar-refractivity contribution in [1.29, 1.82) is 0 Å². The molecular weight excluding hydrogens is 280 g/mol. The molecule has 5 heteroatoms. The molecular formula is C16H16N4S.